The molecule has 0 saturated carbocycles. The van der Waals surface area contributed by atoms with Gasteiger partial charge in [0, 0.05) is 0 Å². The van der Waals surface area contributed by atoms with Gasteiger partial charge in [0.25, 0.3) is 0 Å². The van der Waals surface area contributed by atoms with E-state index in [1.165, 1.54) is 24.3 Å². The Morgan fingerprint density at radius 2 is 1.53 bits per heavy atom. The highest BCUT2D eigenvalue weighted by atomic mass is 19.4. The van der Waals surface area contributed by atoms with Crippen molar-refractivity contribution in [2.24, 2.45) is 11.7 Å². The number of primary amides is 1. The van der Waals surface area contributed by atoms with E-state index in [1.54, 1.807) is 13.8 Å². The lowest BCUT2D eigenvalue weighted by molar-refractivity contribution is -0.207. The van der Waals surface area contributed by atoms with Crippen LogP contribution in [0.4, 0.5) is 26.3 Å². The summed E-state index contributed by atoms with van der Waals surface area (Å²) in [5.74, 6) is -2.34. The lowest BCUT2D eigenvalue weighted by Gasteiger charge is -2.45. The molecule has 1 amide bonds. The molecule has 0 aliphatic carbocycles. The van der Waals surface area contributed by atoms with Crippen LogP contribution >= 0.6 is 0 Å². The fourth-order valence-electron chi connectivity index (χ4n) is 4.86. The molecule has 0 aromatic heterocycles. The molecule has 11 heteroatoms. The second kappa shape index (κ2) is 11.4. The molecule has 5 nitrogen and oxygen atoms in total. The van der Waals surface area contributed by atoms with Gasteiger partial charge in [-0.05, 0) is 42.4 Å². The van der Waals surface area contributed by atoms with Crippen molar-refractivity contribution in [2.45, 2.75) is 70.1 Å². The number of carbonyl (C=O) groups is 2. The number of benzene rings is 2. The van der Waals surface area contributed by atoms with Crippen molar-refractivity contribution in [2.75, 3.05) is 6.54 Å². The second-order valence-electron chi connectivity index (χ2n) is 10.1. The largest absolute Gasteiger partial charge is 0.408 e. The minimum atomic E-state index is -5.03. The first-order valence-electron chi connectivity index (χ1n) is 12.2. The molecule has 2 aromatic carbocycles. The predicted octanol–water partition coefficient (Wildman–Crippen LogP) is 5.33. The van der Waals surface area contributed by atoms with Gasteiger partial charge in [-0.15, -0.1) is 0 Å². The van der Waals surface area contributed by atoms with Crippen LogP contribution in [0, 0.1) is 12.8 Å². The number of Topliss-reactive ketones (excluding diaryl/α,β-unsaturated/α-hetero) is 1. The van der Waals surface area contributed by atoms with Crippen molar-refractivity contribution in [3.8, 4) is 11.1 Å². The van der Waals surface area contributed by atoms with E-state index >= 15 is 0 Å². The molecular weight excluding hydrogens is 512 g/mol. The third-order valence-electron chi connectivity index (χ3n) is 6.71. The summed E-state index contributed by atoms with van der Waals surface area (Å²) in [6.45, 7) is 4.41. The SMILES string of the molecule is Cc1ccc(-c2ccc([C@H](N([C@@H](CC(C)C)C(N)=O)[C@H]3CC(C(F)(F)F)NCC3=O)C(F)(F)F)cc2)cc1. The maximum atomic E-state index is 14.8. The Morgan fingerprint density at radius 1 is 1.00 bits per heavy atom. The second-order valence-corrected chi connectivity index (χ2v) is 10.1. The van der Waals surface area contributed by atoms with Crippen molar-refractivity contribution in [3.63, 3.8) is 0 Å². The third-order valence-corrected chi connectivity index (χ3v) is 6.71. The normalized spacial score (nSPS) is 20.6. The number of piperidine rings is 1. The van der Waals surface area contributed by atoms with Crippen molar-refractivity contribution in [3.05, 3.63) is 59.7 Å². The number of carbonyl (C=O) groups excluding carboxylic acids is 2. The van der Waals surface area contributed by atoms with E-state index in [-0.39, 0.29) is 17.9 Å². The number of nitrogens with zero attached hydrogens (tertiary/aromatic N) is 1. The average molecular weight is 544 g/mol. The van der Waals surface area contributed by atoms with Gasteiger partial charge in [-0.3, -0.25) is 19.8 Å². The number of nitrogens with two attached hydrogens (primary N) is 1. The summed E-state index contributed by atoms with van der Waals surface area (Å²) in [4.78, 5) is 25.9. The summed E-state index contributed by atoms with van der Waals surface area (Å²) in [6.07, 6.45) is -11.0. The summed E-state index contributed by atoms with van der Waals surface area (Å²) in [6, 6.07) is 4.53. The summed E-state index contributed by atoms with van der Waals surface area (Å²) in [5, 5.41) is 2.05. The first-order valence-corrected chi connectivity index (χ1v) is 12.2. The van der Waals surface area contributed by atoms with Gasteiger partial charge in [-0.1, -0.05) is 67.9 Å². The molecule has 3 rings (SSSR count). The zero-order valence-electron chi connectivity index (χ0n) is 21.2. The zero-order chi connectivity index (χ0) is 28.4. The van der Waals surface area contributed by atoms with Crippen LogP contribution in [0.5, 0.6) is 0 Å². The van der Waals surface area contributed by atoms with Crippen molar-refractivity contribution in [1.29, 1.82) is 0 Å². The van der Waals surface area contributed by atoms with Crippen molar-refractivity contribution >= 4 is 11.7 Å². The number of halogens is 6. The maximum absolute atomic E-state index is 14.8. The number of alkyl halides is 6. The Bertz CT molecular complexity index is 1110. The highest BCUT2D eigenvalue weighted by Crippen LogP contribution is 2.43. The van der Waals surface area contributed by atoms with E-state index in [0.717, 1.165) is 11.1 Å². The smallest absolute Gasteiger partial charge is 0.368 e. The van der Waals surface area contributed by atoms with Crippen LogP contribution in [0.1, 0.15) is 43.9 Å². The van der Waals surface area contributed by atoms with Crippen LogP contribution in [0.15, 0.2) is 48.5 Å². The lowest BCUT2D eigenvalue weighted by atomic mass is 9.88. The Morgan fingerprint density at radius 3 is 1.97 bits per heavy atom. The van der Waals surface area contributed by atoms with Crippen molar-refractivity contribution < 1.29 is 35.9 Å². The minimum Gasteiger partial charge on any atom is -0.368 e. The highest BCUT2D eigenvalue weighted by molar-refractivity contribution is 5.88. The maximum Gasteiger partial charge on any atom is 0.408 e. The average Bonchev–Trinajstić information content (AvgIpc) is 2.81. The van der Waals surface area contributed by atoms with E-state index in [0.29, 0.717) is 10.5 Å². The molecule has 2 aromatic rings. The molecule has 0 bridgehead atoms. The Kier molecular flexibility index (Phi) is 8.93. The molecule has 0 spiro atoms. The molecule has 3 N–H and O–H groups in total. The fourth-order valence-corrected chi connectivity index (χ4v) is 4.86. The predicted molar refractivity (Wildman–Crippen MR) is 131 cm³/mol. The summed E-state index contributed by atoms with van der Waals surface area (Å²) < 4.78 is 84.9. The number of hydrogen-bond acceptors (Lipinski definition) is 4. The van der Waals surface area contributed by atoms with Crippen LogP contribution in [-0.2, 0) is 9.59 Å². The van der Waals surface area contributed by atoms with Crippen LogP contribution < -0.4 is 11.1 Å². The molecule has 4 atom stereocenters. The number of rotatable bonds is 8. The van der Waals surface area contributed by atoms with Crippen LogP contribution in [0.3, 0.4) is 0 Å². The first-order chi connectivity index (χ1) is 17.6. The first kappa shape index (κ1) is 29.6. The summed E-state index contributed by atoms with van der Waals surface area (Å²) in [5.41, 5.74) is 7.62. The molecule has 0 radical (unpaired) electrons. The standard InChI is InChI=1S/C27H31F6N3O2/c1-15(2)12-21(25(34)38)36(20-13-23(26(28,29)30)35-14-22(20)37)24(27(31,32)33)19-10-8-18(9-11-19)17-6-4-16(3)5-7-17/h4-11,15,20-21,23-24,35H,12-14H2,1-3H3,(H2,34,38)/t20-,21-,23?,24-/m0/s1. The number of ketones is 1. The quantitative estimate of drug-likeness (QED) is 0.442. The van der Waals surface area contributed by atoms with E-state index in [9.17, 15) is 35.9 Å². The van der Waals surface area contributed by atoms with E-state index in [4.69, 9.17) is 5.73 Å². The van der Waals surface area contributed by atoms with Crippen LogP contribution in [0.2, 0.25) is 0 Å². The highest BCUT2D eigenvalue weighted by Gasteiger charge is 2.54. The minimum absolute atomic E-state index is 0.169. The monoisotopic (exact) mass is 543 g/mol. The Hall–Kier alpha value is -2.92. The number of amides is 1. The molecule has 1 unspecified atom stereocenters. The summed E-state index contributed by atoms with van der Waals surface area (Å²) >= 11 is 0. The van der Waals surface area contributed by atoms with Crippen LogP contribution in [0.25, 0.3) is 11.1 Å². The topological polar surface area (TPSA) is 75.4 Å². The number of nitrogens with one attached hydrogen (secondary N) is 1. The van der Waals surface area contributed by atoms with Gasteiger partial charge in [0.2, 0.25) is 5.91 Å². The van der Waals surface area contributed by atoms with E-state index in [2.05, 4.69) is 5.32 Å². The van der Waals surface area contributed by atoms with Gasteiger partial charge in [0.15, 0.2) is 5.78 Å². The fraction of sp³-hybridized carbons (Fsp3) is 0.481. The molecule has 38 heavy (non-hydrogen) atoms. The van der Waals surface area contributed by atoms with E-state index in [1.807, 2.05) is 31.2 Å². The number of aryl methyl sites for hydroxylation is 1. The van der Waals surface area contributed by atoms with Gasteiger partial charge >= 0.3 is 12.4 Å². The lowest BCUT2D eigenvalue weighted by Crippen LogP contribution is -2.63. The van der Waals surface area contributed by atoms with Gasteiger partial charge in [-0.25, -0.2) is 0 Å². The van der Waals surface area contributed by atoms with Crippen molar-refractivity contribution in [1.82, 2.24) is 10.2 Å². The van der Waals surface area contributed by atoms with Gasteiger partial charge < -0.3 is 5.73 Å². The third kappa shape index (κ3) is 6.93. The molecular formula is C27H31F6N3O2. The molecule has 1 aliphatic rings. The Balaban J connectivity index is 2.14. The van der Waals surface area contributed by atoms with Gasteiger partial charge in [0.05, 0.1) is 18.6 Å². The zero-order valence-corrected chi connectivity index (χ0v) is 21.2. The summed E-state index contributed by atoms with van der Waals surface area (Å²) in [7, 11) is 0. The molecule has 1 aliphatic heterocycles. The van der Waals surface area contributed by atoms with Gasteiger partial charge in [0.1, 0.15) is 12.1 Å². The van der Waals surface area contributed by atoms with Crippen LogP contribution in [-0.4, -0.2) is 53.6 Å². The molecule has 1 fully saturated rings. The molecule has 1 saturated heterocycles. The Labute approximate surface area is 217 Å². The molecule has 208 valence electrons. The molecule has 1 heterocycles. The number of hydrogen-bond donors (Lipinski definition) is 2. The van der Waals surface area contributed by atoms with E-state index < -0.39 is 61.2 Å². The van der Waals surface area contributed by atoms with Gasteiger partial charge in [-0.2, -0.15) is 26.3 Å².